The number of hydrogen-bond donors (Lipinski definition) is 0. The second-order valence-electron chi connectivity index (χ2n) is 5.76. The molecule has 0 aromatic heterocycles. The minimum Gasteiger partial charge on any atom is -0.378 e. The van der Waals surface area contributed by atoms with Gasteiger partial charge in [0.15, 0.2) is 0 Å². The molecule has 0 radical (unpaired) electrons. The molecular weight excluding hydrogens is 316 g/mol. The summed E-state index contributed by atoms with van der Waals surface area (Å²) >= 11 is 0. The summed E-state index contributed by atoms with van der Waals surface area (Å²) < 4.78 is 34.0. The molecule has 2 fully saturated rings. The molecule has 0 aliphatic carbocycles. The first-order valence-electron chi connectivity index (χ1n) is 8.86. The summed E-state index contributed by atoms with van der Waals surface area (Å²) in [6.07, 6.45) is 0. The minimum atomic E-state index is 0.562. The zero-order chi connectivity index (χ0) is 16.7. The lowest BCUT2D eigenvalue weighted by Gasteiger charge is -2.25. The van der Waals surface area contributed by atoms with Crippen LogP contribution < -0.4 is 0 Å². The maximum atomic E-state index is 5.71. The van der Waals surface area contributed by atoms with Gasteiger partial charge < -0.3 is 28.4 Å². The van der Waals surface area contributed by atoms with E-state index in [-0.39, 0.29) is 0 Å². The summed E-state index contributed by atoms with van der Waals surface area (Å²) in [4.78, 5) is 4.37. The Morgan fingerprint density at radius 1 is 0.333 bits per heavy atom. The van der Waals surface area contributed by atoms with Crippen molar-refractivity contribution < 1.29 is 28.4 Å². The molecule has 0 spiro atoms. The van der Waals surface area contributed by atoms with Crippen molar-refractivity contribution in [3.63, 3.8) is 0 Å². The normalized spacial score (nSPS) is 31.0. The molecule has 0 amide bonds. The average Bonchev–Trinajstić information content (AvgIpc) is 2.58. The van der Waals surface area contributed by atoms with Crippen molar-refractivity contribution in [2.45, 2.75) is 0 Å². The number of fused-ring (bicyclic) bond motifs is 7. The lowest BCUT2D eigenvalue weighted by atomic mass is 10.5. The molecule has 2 bridgehead atoms. The zero-order valence-electron chi connectivity index (χ0n) is 14.7. The highest BCUT2D eigenvalue weighted by Gasteiger charge is 2.09. The van der Waals surface area contributed by atoms with Gasteiger partial charge >= 0.3 is 0 Å². The highest BCUT2D eigenvalue weighted by atomic mass is 16.5. The Morgan fingerprint density at radius 2 is 0.625 bits per heavy atom. The molecule has 2 aliphatic heterocycles. The highest BCUT2D eigenvalue weighted by molar-refractivity contribution is 4.55. The van der Waals surface area contributed by atoms with E-state index in [2.05, 4.69) is 9.80 Å². The summed E-state index contributed by atoms with van der Waals surface area (Å²) in [6, 6.07) is 0. The van der Waals surface area contributed by atoms with E-state index in [4.69, 9.17) is 28.4 Å². The number of hydrogen-bond acceptors (Lipinski definition) is 8. The molecule has 0 aromatic rings. The van der Waals surface area contributed by atoms with Crippen LogP contribution in [-0.4, -0.2) is 116 Å². The molecule has 2 heterocycles. The summed E-state index contributed by atoms with van der Waals surface area (Å²) in [6.45, 7) is 10.7. The van der Waals surface area contributed by atoms with Crippen molar-refractivity contribution in [1.82, 2.24) is 9.80 Å². The molecule has 0 unspecified atom stereocenters. The second kappa shape index (κ2) is 13.9. The van der Waals surface area contributed by atoms with Gasteiger partial charge in [-0.1, -0.05) is 0 Å². The summed E-state index contributed by atoms with van der Waals surface area (Å²) in [7, 11) is 0. The van der Waals surface area contributed by atoms with E-state index >= 15 is 0 Å². The number of nitrogens with zero attached hydrogens (tertiary/aromatic N) is 2. The molecule has 142 valence electrons. The van der Waals surface area contributed by atoms with Crippen LogP contribution in [0.15, 0.2) is 0 Å². The lowest BCUT2D eigenvalue weighted by molar-refractivity contribution is -0.0627. The van der Waals surface area contributed by atoms with Crippen LogP contribution in [0.1, 0.15) is 0 Å². The van der Waals surface area contributed by atoms with Crippen LogP contribution in [0.25, 0.3) is 0 Å². The van der Waals surface area contributed by atoms with Gasteiger partial charge in [0, 0.05) is 26.2 Å². The molecule has 0 saturated carbocycles. The number of ether oxygens (including phenoxy) is 6. The lowest BCUT2D eigenvalue weighted by Crippen LogP contribution is -2.36. The quantitative estimate of drug-likeness (QED) is 0.588. The predicted octanol–water partition coefficient (Wildman–Crippen LogP) is -0.368. The van der Waals surface area contributed by atoms with Gasteiger partial charge in [0.25, 0.3) is 0 Å². The van der Waals surface area contributed by atoms with Crippen LogP contribution in [0.5, 0.6) is 0 Å². The van der Waals surface area contributed by atoms with E-state index in [1.165, 1.54) is 0 Å². The van der Waals surface area contributed by atoms with Gasteiger partial charge in [-0.05, 0) is 0 Å². The zero-order valence-corrected chi connectivity index (χ0v) is 14.7. The topological polar surface area (TPSA) is 61.9 Å². The van der Waals surface area contributed by atoms with Crippen LogP contribution in [0.3, 0.4) is 0 Å². The SMILES string of the molecule is C1COCCN2CCOCCOCCN(CCO1)COCCOC2. The highest BCUT2D eigenvalue weighted by Crippen LogP contribution is 1.96. The van der Waals surface area contributed by atoms with Crippen molar-refractivity contribution in [1.29, 1.82) is 0 Å². The van der Waals surface area contributed by atoms with Gasteiger partial charge in [-0.3, -0.25) is 9.80 Å². The van der Waals surface area contributed by atoms with E-state index in [1.807, 2.05) is 0 Å². The number of rotatable bonds is 0. The Bertz CT molecular complexity index is 250. The first-order chi connectivity index (χ1) is 11.9. The molecule has 2 aliphatic rings. The van der Waals surface area contributed by atoms with E-state index < -0.39 is 0 Å². The molecule has 8 heteroatoms. The molecule has 0 N–H and O–H groups in total. The predicted molar refractivity (Wildman–Crippen MR) is 88.1 cm³/mol. The van der Waals surface area contributed by atoms with Gasteiger partial charge in [0.05, 0.1) is 79.5 Å². The van der Waals surface area contributed by atoms with Gasteiger partial charge in [0.2, 0.25) is 0 Å². The van der Waals surface area contributed by atoms with Gasteiger partial charge in [-0.2, -0.15) is 0 Å². The fourth-order valence-corrected chi connectivity index (χ4v) is 2.41. The molecule has 24 heavy (non-hydrogen) atoms. The average molecular weight is 348 g/mol. The summed E-state index contributed by atoms with van der Waals surface area (Å²) in [5.41, 5.74) is 0. The Hall–Kier alpha value is -0.320. The molecule has 8 nitrogen and oxygen atoms in total. The van der Waals surface area contributed by atoms with Crippen LogP contribution in [-0.2, 0) is 28.4 Å². The Balaban J connectivity index is 1.87. The Kier molecular flexibility index (Phi) is 11.6. The first-order valence-corrected chi connectivity index (χ1v) is 8.86. The maximum Gasteiger partial charge on any atom is 0.0992 e. The second-order valence-corrected chi connectivity index (χ2v) is 5.76. The van der Waals surface area contributed by atoms with E-state index in [1.54, 1.807) is 0 Å². The van der Waals surface area contributed by atoms with E-state index in [0.717, 1.165) is 26.2 Å². The van der Waals surface area contributed by atoms with E-state index in [9.17, 15) is 0 Å². The van der Waals surface area contributed by atoms with Crippen LogP contribution in [0.4, 0.5) is 0 Å². The molecule has 0 atom stereocenters. The molecular formula is C16H32N2O6. The molecule has 2 rings (SSSR count). The minimum absolute atomic E-state index is 0.562. The fourth-order valence-electron chi connectivity index (χ4n) is 2.41. The standard InChI is InChI=1S/C16H32N2O6/c1-5-19-9-10-21-7-3-18-4-8-22-12-11-20-6-2-17(1)15-23-13-14-24-16-18/h1-16H2. The van der Waals surface area contributed by atoms with Crippen molar-refractivity contribution >= 4 is 0 Å². The monoisotopic (exact) mass is 348 g/mol. The van der Waals surface area contributed by atoms with Crippen molar-refractivity contribution in [3.8, 4) is 0 Å². The fraction of sp³-hybridized carbons (Fsp3) is 1.00. The van der Waals surface area contributed by atoms with Crippen LogP contribution in [0.2, 0.25) is 0 Å². The van der Waals surface area contributed by atoms with Crippen molar-refractivity contribution in [2.24, 2.45) is 0 Å². The largest absolute Gasteiger partial charge is 0.378 e. The van der Waals surface area contributed by atoms with E-state index in [0.29, 0.717) is 79.5 Å². The van der Waals surface area contributed by atoms with Crippen LogP contribution in [0, 0.1) is 0 Å². The Morgan fingerprint density at radius 3 is 0.958 bits per heavy atom. The maximum absolute atomic E-state index is 5.71. The van der Waals surface area contributed by atoms with Crippen molar-refractivity contribution in [2.75, 3.05) is 106 Å². The third-order valence-electron chi connectivity index (χ3n) is 3.87. The molecule has 2 saturated heterocycles. The first kappa shape index (κ1) is 20.0. The van der Waals surface area contributed by atoms with Gasteiger partial charge in [-0.25, -0.2) is 0 Å². The van der Waals surface area contributed by atoms with Gasteiger partial charge in [-0.15, -0.1) is 0 Å². The van der Waals surface area contributed by atoms with Gasteiger partial charge in [0.1, 0.15) is 0 Å². The van der Waals surface area contributed by atoms with Crippen LogP contribution >= 0.6 is 0 Å². The van der Waals surface area contributed by atoms with Crippen molar-refractivity contribution in [3.05, 3.63) is 0 Å². The third kappa shape index (κ3) is 9.85. The molecule has 0 aromatic carbocycles. The Labute approximate surface area is 144 Å². The third-order valence-corrected chi connectivity index (χ3v) is 3.87. The summed E-state index contributed by atoms with van der Waals surface area (Å²) in [5, 5.41) is 0. The summed E-state index contributed by atoms with van der Waals surface area (Å²) in [5.74, 6) is 0. The smallest absolute Gasteiger partial charge is 0.0992 e.